The van der Waals surface area contributed by atoms with Crippen LogP contribution in [0.25, 0.3) is 11.3 Å². The first kappa shape index (κ1) is 14.2. The average molecular weight is 306 g/mol. The molecule has 0 amide bonds. The second-order valence-corrected chi connectivity index (χ2v) is 4.91. The van der Waals surface area contributed by atoms with Crippen molar-refractivity contribution in [3.05, 3.63) is 51.6 Å². The lowest BCUT2D eigenvalue weighted by atomic mass is 10.1. The molecule has 0 unspecified atom stereocenters. The first-order chi connectivity index (χ1) is 8.77. The molecule has 19 heavy (non-hydrogen) atoms. The fourth-order valence-corrected chi connectivity index (χ4v) is 2.24. The van der Waals surface area contributed by atoms with Crippen LogP contribution in [-0.2, 0) is 6.18 Å². The van der Waals surface area contributed by atoms with Gasteiger partial charge in [0.15, 0.2) is 0 Å². The molecule has 0 saturated heterocycles. The van der Waals surface area contributed by atoms with Gasteiger partial charge in [0, 0.05) is 16.8 Å². The van der Waals surface area contributed by atoms with Crippen molar-refractivity contribution in [1.29, 1.82) is 0 Å². The summed E-state index contributed by atoms with van der Waals surface area (Å²) in [6, 6.07) is 5.96. The highest BCUT2D eigenvalue weighted by atomic mass is 35.5. The van der Waals surface area contributed by atoms with E-state index < -0.39 is 11.7 Å². The van der Waals surface area contributed by atoms with Gasteiger partial charge in [0.05, 0.1) is 16.3 Å². The number of hydrogen-bond donors (Lipinski definition) is 0. The molecule has 1 aromatic heterocycles. The van der Waals surface area contributed by atoms with Crippen LogP contribution < -0.4 is 0 Å². The average Bonchev–Trinajstić information content (AvgIpc) is 2.26. The highest BCUT2D eigenvalue weighted by Crippen LogP contribution is 2.34. The van der Waals surface area contributed by atoms with Gasteiger partial charge < -0.3 is 0 Å². The van der Waals surface area contributed by atoms with Gasteiger partial charge >= 0.3 is 6.18 Å². The molecule has 100 valence electrons. The first-order valence-electron chi connectivity index (χ1n) is 5.27. The van der Waals surface area contributed by atoms with Crippen LogP contribution >= 0.6 is 23.2 Å². The minimum Gasteiger partial charge on any atom is -0.254 e. The van der Waals surface area contributed by atoms with Crippen LogP contribution in [0.4, 0.5) is 13.2 Å². The summed E-state index contributed by atoms with van der Waals surface area (Å²) in [4.78, 5) is 3.79. The van der Waals surface area contributed by atoms with Crippen LogP contribution in [-0.4, -0.2) is 4.98 Å². The Hall–Kier alpha value is -1.26. The van der Waals surface area contributed by atoms with Gasteiger partial charge in [0.25, 0.3) is 0 Å². The van der Waals surface area contributed by atoms with Crippen molar-refractivity contribution in [3.63, 3.8) is 0 Å². The predicted molar refractivity (Wildman–Crippen MR) is 69.4 cm³/mol. The summed E-state index contributed by atoms with van der Waals surface area (Å²) in [5.74, 6) is 0. The highest BCUT2D eigenvalue weighted by Gasteiger charge is 2.31. The summed E-state index contributed by atoms with van der Waals surface area (Å²) in [7, 11) is 0. The zero-order valence-corrected chi connectivity index (χ0v) is 11.2. The molecule has 0 spiro atoms. The molecule has 1 heterocycles. The molecular weight excluding hydrogens is 298 g/mol. The molecule has 0 bridgehead atoms. The molecule has 0 radical (unpaired) electrons. The molecule has 2 rings (SSSR count). The van der Waals surface area contributed by atoms with Gasteiger partial charge in [-0.25, -0.2) is 0 Å². The van der Waals surface area contributed by atoms with E-state index >= 15 is 0 Å². The number of hydrogen-bond acceptors (Lipinski definition) is 1. The van der Waals surface area contributed by atoms with Gasteiger partial charge in [-0.1, -0.05) is 23.2 Å². The zero-order valence-electron chi connectivity index (χ0n) is 9.72. The van der Waals surface area contributed by atoms with E-state index in [1.165, 1.54) is 0 Å². The van der Waals surface area contributed by atoms with Crippen LogP contribution in [0.5, 0.6) is 0 Å². The van der Waals surface area contributed by atoms with E-state index in [4.69, 9.17) is 23.2 Å². The Balaban J connectivity index is 2.52. The van der Waals surface area contributed by atoms with E-state index in [9.17, 15) is 13.2 Å². The maximum Gasteiger partial charge on any atom is 0.417 e. The largest absolute Gasteiger partial charge is 0.417 e. The number of pyridine rings is 1. The monoisotopic (exact) mass is 305 g/mol. The second-order valence-electron chi connectivity index (χ2n) is 4.07. The van der Waals surface area contributed by atoms with E-state index in [2.05, 4.69) is 4.98 Å². The Morgan fingerprint density at radius 1 is 1.05 bits per heavy atom. The Morgan fingerprint density at radius 2 is 1.74 bits per heavy atom. The summed E-state index contributed by atoms with van der Waals surface area (Å²) < 4.78 is 37.5. The van der Waals surface area contributed by atoms with Crippen molar-refractivity contribution >= 4 is 23.2 Å². The molecule has 0 atom stereocenters. The molecular formula is C13H8Cl2F3N. The fourth-order valence-electron chi connectivity index (χ4n) is 1.68. The van der Waals surface area contributed by atoms with Crippen molar-refractivity contribution in [2.24, 2.45) is 0 Å². The number of halogens is 5. The van der Waals surface area contributed by atoms with E-state index in [0.29, 0.717) is 10.6 Å². The first-order valence-corrected chi connectivity index (χ1v) is 6.03. The molecule has 0 aliphatic carbocycles. The van der Waals surface area contributed by atoms with Crippen LogP contribution in [0.3, 0.4) is 0 Å². The normalized spacial score (nSPS) is 11.7. The Bertz CT molecular complexity index is 604. The van der Waals surface area contributed by atoms with Crippen molar-refractivity contribution < 1.29 is 13.2 Å². The smallest absolute Gasteiger partial charge is 0.254 e. The van der Waals surface area contributed by atoms with Crippen LogP contribution in [0.2, 0.25) is 10.0 Å². The maximum atomic E-state index is 12.5. The van der Waals surface area contributed by atoms with Gasteiger partial charge in [-0.05, 0) is 36.8 Å². The van der Waals surface area contributed by atoms with Gasteiger partial charge in [-0.2, -0.15) is 13.2 Å². The molecule has 1 nitrogen and oxygen atoms in total. The van der Waals surface area contributed by atoms with Gasteiger partial charge in [0.2, 0.25) is 0 Å². The summed E-state index contributed by atoms with van der Waals surface area (Å²) >= 11 is 11.8. The standard InChI is InChI=1S/C13H8Cl2F3N/c1-7-2-8(4-10(14)3-7)12-11(15)5-9(6-19-12)13(16,17)18/h2-6H,1H3. The van der Waals surface area contributed by atoms with Crippen molar-refractivity contribution in [1.82, 2.24) is 4.98 Å². The summed E-state index contributed by atoms with van der Waals surface area (Å²) in [6.07, 6.45) is -3.70. The van der Waals surface area contributed by atoms with Gasteiger partial charge in [-0.15, -0.1) is 0 Å². The van der Waals surface area contributed by atoms with E-state index in [-0.39, 0.29) is 10.7 Å². The molecule has 0 aliphatic rings. The minimum absolute atomic E-state index is 0.0588. The topological polar surface area (TPSA) is 12.9 Å². The Morgan fingerprint density at radius 3 is 2.26 bits per heavy atom. The third kappa shape index (κ3) is 3.19. The molecule has 0 aliphatic heterocycles. The molecule has 2 aromatic rings. The van der Waals surface area contributed by atoms with Crippen molar-refractivity contribution in [2.45, 2.75) is 13.1 Å². The lowest BCUT2D eigenvalue weighted by Crippen LogP contribution is -2.05. The fraction of sp³-hybridized carbons (Fsp3) is 0.154. The zero-order chi connectivity index (χ0) is 14.2. The van der Waals surface area contributed by atoms with Crippen LogP contribution in [0.1, 0.15) is 11.1 Å². The third-order valence-corrected chi connectivity index (χ3v) is 2.99. The summed E-state index contributed by atoms with van der Waals surface area (Å²) in [5.41, 5.74) is 0.865. The number of alkyl halides is 3. The van der Waals surface area contributed by atoms with E-state index in [0.717, 1.165) is 17.8 Å². The molecule has 6 heteroatoms. The number of rotatable bonds is 1. The molecule has 0 fully saturated rings. The van der Waals surface area contributed by atoms with Crippen molar-refractivity contribution in [3.8, 4) is 11.3 Å². The van der Waals surface area contributed by atoms with Crippen molar-refractivity contribution in [2.75, 3.05) is 0 Å². The highest BCUT2D eigenvalue weighted by molar-refractivity contribution is 6.33. The predicted octanol–water partition coefficient (Wildman–Crippen LogP) is 5.38. The Labute approximate surface area is 118 Å². The quantitative estimate of drug-likeness (QED) is 0.689. The number of aryl methyl sites for hydroxylation is 1. The van der Waals surface area contributed by atoms with Crippen LogP contribution in [0, 0.1) is 6.92 Å². The number of benzene rings is 1. The van der Waals surface area contributed by atoms with Gasteiger partial charge in [-0.3, -0.25) is 4.98 Å². The summed E-state index contributed by atoms with van der Waals surface area (Å²) in [6.45, 7) is 1.83. The van der Waals surface area contributed by atoms with E-state index in [1.807, 2.05) is 6.92 Å². The SMILES string of the molecule is Cc1cc(Cl)cc(-c2ncc(C(F)(F)F)cc2Cl)c1. The number of nitrogens with zero attached hydrogens (tertiary/aromatic N) is 1. The second kappa shape index (κ2) is 5.02. The lowest BCUT2D eigenvalue weighted by molar-refractivity contribution is -0.137. The molecule has 0 N–H and O–H groups in total. The lowest BCUT2D eigenvalue weighted by Gasteiger charge is -2.10. The number of aromatic nitrogens is 1. The third-order valence-electron chi connectivity index (χ3n) is 2.48. The molecule has 0 saturated carbocycles. The minimum atomic E-state index is -4.46. The van der Waals surface area contributed by atoms with Gasteiger partial charge in [0.1, 0.15) is 0 Å². The van der Waals surface area contributed by atoms with Crippen LogP contribution in [0.15, 0.2) is 30.5 Å². The van der Waals surface area contributed by atoms with E-state index in [1.54, 1.807) is 18.2 Å². The summed E-state index contributed by atoms with van der Waals surface area (Å²) in [5, 5.41) is 0.421. The maximum absolute atomic E-state index is 12.5. The Kier molecular flexibility index (Phi) is 3.74. The molecule has 1 aromatic carbocycles.